The molecule has 5 nitrogen and oxygen atoms in total. The number of nitrogens with two attached hydrogens (primary N) is 1. The van der Waals surface area contributed by atoms with Gasteiger partial charge in [0.1, 0.15) is 5.92 Å². The van der Waals surface area contributed by atoms with E-state index in [9.17, 15) is 4.79 Å². The Balaban J connectivity index is 1.45. The predicted octanol–water partition coefficient (Wildman–Crippen LogP) is 3.53. The fourth-order valence-electron chi connectivity index (χ4n) is 7.31. The van der Waals surface area contributed by atoms with Crippen LogP contribution in [-0.2, 0) is 16.6 Å². The van der Waals surface area contributed by atoms with Crippen LogP contribution in [0.2, 0.25) is 5.15 Å². The van der Waals surface area contributed by atoms with Gasteiger partial charge in [0.05, 0.1) is 18.5 Å². The highest BCUT2D eigenvalue weighted by molar-refractivity contribution is 6.28. The second-order valence-corrected chi connectivity index (χ2v) is 11.0. The first-order valence-corrected chi connectivity index (χ1v) is 13.7. The Morgan fingerprint density at radius 2 is 2.15 bits per heavy atom. The van der Waals surface area contributed by atoms with Crippen molar-refractivity contribution in [2.45, 2.75) is 76.2 Å². The molecule has 2 fully saturated rings. The lowest BCUT2D eigenvalue weighted by Crippen LogP contribution is -2.82. The van der Waals surface area contributed by atoms with Crippen LogP contribution in [0.5, 0.6) is 0 Å². The van der Waals surface area contributed by atoms with Crippen LogP contribution < -0.4 is 10.3 Å². The first-order valence-electron chi connectivity index (χ1n) is 13.3. The van der Waals surface area contributed by atoms with E-state index in [2.05, 4.69) is 52.2 Å². The van der Waals surface area contributed by atoms with E-state index in [1.165, 1.54) is 17.0 Å². The van der Waals surface area contributed by atoms with Gasteiger partial charge in [0.25, 0.3) is 5.15 Å². The number of nitrogens with one attached hydrogen (secondary N) is 1. The molecule has 1 amide bonds. The van der Waals surface area contributed by atoms with Crippen LogP contribution in [0.15, 0.2) is 36.5 Å². The number of H-pyrrole nitrogens is 1. The maximum atomic E-state index is 14.4. The smallest absolute Gasteiger partial charge is 0.273 e. The molecule has 5 rings (SSSR count). The van der Waals surface area contributed by atoms with E-state index >= 15 is 0 Å². The van der Waals surface area contributed by atoms with Crippen molar-refractivity contribution >= 4 is 17.5 Å². The van der Waals surface area contributed by atoms with Crippen molar-refractivity contribution in [3.05, 3.63) is 58.6 Å². The van der Waals surface area contributed by atoms with Gasteiger partial charge in [-0.25, -0.2) is 0 Å². The molecule has 34 heavy (non-hydrogen) atoms. The highest BCUT2D eigenvalue weighted by Gasteiger charge is 2.56. The van der Waals surface area contributed by atoms with Gasteiger partial charge in [-0.2, -0.15) is 4.98 Å². The Bertz CT molecular complexity index is 1010. The van der Waals surface area contributed by atoms with Gasteiger partial charge in [0, 0.05) is 48.4 Å². The quantitative estimate of drug-likeness (QED) is 0.662. The maximum Gasteiger partial charge on any atom is 0.273 e. The van der Waals surface area contributed by atoms with Crippen LogP contribution in [0, 0.1) is 11.8 Å². The van der Waals surface area contributed by atoms with Crippen molar-refractivity contribution < 1.29 is 15.1 Å². The number of pyridine rings is 2. The summed E-state index contributed by atoms with van der Waals surface area (Å²) in [6.07, 6.45) is 9.37. The second kappa shape index (κ2) is 9.94. The lowest BCUT2D eigenvalue weighted by molar-refractivity contribution is -0.640. The standard InChI is InChI=1S/C28H37ClN4O/c1-3-19(4-2)25-16-20(23-8-5-6-14-31-23)12-15-33(25)27(34)22-17-30-18-28(22)13-7-9-24-21(28)10-11-26(29)32-24/h5-6,8,10-11,14,19-20,22,25,30H,3-4,7,9,12-13,15-18H2,1-2H3/p+2/t20?,22-,25?,28-/m0/s1. The third kappa shape index (κ3) is 4.15. The zero-order chi connectivity index (χ0) is 23.7. The number of amides is 1. The molecule has 2 unspecified atom stereocenters. The molecule has 1 aliphatic carbocycles. The number of carbonyl (C=O) groups excluding carboxylic acids is 1. The topological polar surface area (TPSA) is 64.0 Å². The van der Waals surface area contributed by atoms with Crippen LogP contribution in [-0.4, -0.2) is 41.5 Å². The number of aromatic nitrogens is 2. The molecule has 2 aromatic rings. The molecule has 0 bridgehead atoms. The molecule has 2 aromatic heterocycles. The normalized spacial score (nSPS) is 28.9. The molecule has 6 heteroatoms. The summed E-state index contributed by atoms with van der Waals surface area (Å²) >= 11 is 6.30. The molecule has 3 aliphatic rings. The second-order valence-electron chi connectivity index (χ2n) is 10.6. The SMILES string of the molecule is CCC(CC)C1CC(c2ccccn2)CCN1C(=O)[C@@H]1C[NH2+]C[C@]12CCCc1[nH+]c(Cl)ccc12. The summed E-state index contributed by atoms with van der Waals surface area (Å²) in [5.74, 6) is 1.38. The molecule has 0 saturated carbocycles. The van der Waals surface area contributed by atoms with Crippen LogP contribution in [0.25, 0.3) is 0 Å². The monoisotopic (exact) mass is 482 g/mol. The summed E-state index contributed by atoms with van der Waals surface area (Å²) in [5.41, 5.74) is 3.67. The number of carbonyl (C=O) groups is 1. The Morgan fingerprint density at radius 1 is 1.29 bits per heavy atom. The van der Waals surface area contributed by atoms with E-state index in [0.29, 0.717) is 28.9 Å². The van der Waals surface area contributed by atoms with E-state index in [1.54, 1.807) is 0 Å². The third-order valence-electron chi connectivity index (χ3n) is 9.08. The maximum absolute atomic E-state index is 14.4. The molecule has 2 saturated heterocycles. The zero-order valence-electron chi connectivity index (χ0n) is 20.6. The third-order valence-corrected chi connectivity index (χ3v) is 9.30. The average Bonchev–Trinajstić information content (AvgIpc) is 3.28. The van der Waals surface area contributed by atoms with Crippen LogP contribution in [0.4, 0.5) is 0 Å². The van der Waals surface area contributed by atoms with Gasteiger partial charge in [-0.1, -0.05) is 32.8 Å². The molecule has 1 spiro atoms. The van der Waals surface area contributed by atoms with Crippen LogP contribution in [0.1, 0.15) is 75.2 Å². The largest absolute Gasteiger partial charge is 0.345 e. The highest BCUT2D eigenvalue weighted by atomic mass is 35.5. The van der Waals surface area contributed by atoms with Gasteiger partial charge in [0.2, 0.25) is 5.91 Å². The van der Waals surface area contributed by atoms with Crippen molar-refractivity contribution in [3.8, 4) is 0 Å². The number of likely N-dealkylation sites (tertiary alicyclic amines) is 1. The lowest BCUT2D eigenvalue weighted by Gasteiger charge is -2.45. The van der Waals surface area contributed by atoms with Gasteiger partial charge < -0.3 is 10.2 Å². The average molecular weight is 483 g/mol. The van der Waals surface area contributed by atoms with Crippen molar-refractivity contribution in [2.24, 2.45) is 11.8 Å². The number of halogens is 1. The molecular weight excluding hydrogens is 444 g/mol. The van der Waals surface area contributed by atoms with Gasteiger partial charge in [-0.05, 0) is 61.4 Å². The molecule has 182 valence electrons. The summed E-state index contributed by atoms with van der Waals surface area (Å²) in [6, 6.07) is 10.7. The number of aryl methyl sites for hydroxylation is 1. The van der Waals surface area contributed by atoms with E-state index in [1.807, 2.05) is 18.3 Å². The van der Waals surface area contributed by atoms with Crippen molar-refractivity contribution in [1.82, 2.24) is 9.88 Å². The summed E-state index contributed by atoms with van der Waals surface area (Å²) in [4.78, 5) is 24.8. The fraction of sp³-hybridized carbons (Fsp3) is 0.607. The first-order chi connectivity index (χ1) is 16.6. The minimum absolute atomic E-state index is 0.0318. The van der Waals surface area contributed by atoms with Gasteiger partial charge in [-0.15, -0.1) is 0 Å². The number of hydrogen-bond acceptors (Lipinski definition) is 2. The molecule has 4 heterocycles. The number of quaternary nitrogens is 1. The molecular formula is C28H39ClN4O+2. The van der Waals surface area contributed by atoms with Crippen molar-refractivity contribution in [1.29, 1.82) is 0 Å². The number of rotatable bonds is 5. The van der Waals surface area contributed by atoms with E-state index < -0.39 is 0 Å². The molecule has 2 aliphatic heterocycles. The number of nitrogens with zero attached hydrogens (tertiary/aromatic N) is 2. The molecule has 3 N–H and O–H groups in total. The molecule has 0 aromatic carbocycles. The van der Waals surface area contributed by atoms with E-state index in [-0.39, 0.29) is 11.3 Å². The molecule has 4 atom stereocenters. The van der Waals surface area contributed by atoms with E-state index in [0.717, 1.165) is 64.6 Å². The number of aromatic amines is 1. The van der Waals surface area contributed by atoms with Gasteiger partial charge in [0.15, 0.2) is 5.69 Å². The Labute approximate surface area is 208 Å². The predicted molar refractivity (Wildman–Crippen MR) is 134 cm³/mol. The van der Waals surface area contributed by atoms with Crippen LogP contribution >= 0.6 is 11.6 Å². The highest BCUT2D eigenvalue weighted by Crippen LogP contribution is 2.45. The summed E-state index contributed by atoms with van der Waals surface area (Å²) in [5, 5.41) is 3.06. The minimum atomic E-state index is -0.0813. The number of piperidine rings is 1. The zero-order valence-corrected chi connectivity index (χ0v) is 21.4. The fourth-order valence-corrected chi connectivity index (χ4v) is 7.49. The van der Waals surface area contributed by atoms with Gasteiger partial charge >= 0.3 is 0 Å². The molecule has 0 radical (unpaired) electrons. The van der Waals surface area contributed by atoms with E-state index in [4.69, 9.17) is 11.6 Å². The Kier molecular flexibility index (Phi) is 6.95. The Hall–Kier alpha value is -1.98. The first kappa shape index (κ1) is 23.7. The summed E-state index contributed by atoms with van der Waals surface area (Å²) < 4.78 is 0. The summed E-state index contributed by atoms with van der Waals surface area (Å²) in [6.45, 7) is 7.28. The van der Waals surface area contributed by atoms with Crippen molar-refractivity contribution in [3.63, 3.8) is 0 Å². The van der Waals surface area contributed by atoms with Crippen molar-refractivity contribution in [2.75, 3.05) is 19.6 Å². The Morgan fingerprint density at radius 3 is 2.91 bits per heavy atom. The summed E-state index contributed by atoms with van der Waals surface area (Å²) in [7, 11) is 0. The number of fused-ring (bicyclic) bond motifs is 2. The minimum Gasteiger partial charge on any atom is -0.345 e. The lowest BCUT2D eigenvalue weighted by atomic mass is 9.65. The number of hydrogen-bond donors (Lipinski definition) is 1. The van der Waals surface area contributed by atoms with Crippen LogP contribution in [0.3, 0.4) is 0 Å². The van der Waals surface area contributed by atoms with Gasteiger partial charge in [-0.3, -0.25) is 9.78 Å².